The molecule has 4 aliphatic rings. The molecule has 0 aromatic rings. The smallest absolute Gasteiger partial charge is 0.129 e. The van der Waals surface area contributed by atoms with Gasteiger partial charge in [-0.15, -0.1) is 22.9 Å². The van der Waals surface area contributed by atoms with Crippen LogP contribution in [0.3, 0.4) is 0 Å². The summed E-state index contributed by atoms with van der Waals surface area (Å²) in [4.78, 5) is 0. The first-order valence-electron chi connectivity index (χ1n) is 17.1. The third-order valence-corrected chi connectivity index (χ3v) is 11.4. The first-order chi connectivity index (χ1) is 21.1. The van der Waals surface area contributed by atoms with E-state index in [9.17, 15) is 0 Å². The fourth-order valence-electron chi connectivity index (χ4n) is 6.59. The van der Waals surface area contributed by atoms with Gasteiger partial charge in [0.2, 0.25) is 0 Å². The van der Waals surface area contributed by atoms with Crippen LogP contribution in [0.1, 0.15) is 81.1 Å². The first kappa shape index (κ1) is 35.7. The topological polar surface area (TPSA) is 0 Å². The third kappa shape index (κ3) is 7.21. The molecule has 0 N–H and O–H groups in total. The summed E-state index contributed by atoms with van der Waals surface area (Å²) in [6.45, 7) is 32.6. The summed E-state index contributed by atoms with van der Waals surface area (Å²) in [6, 6.07) is 0. The van der Waals surface area contributed by atoms with Gasteiger partial charge in [0.15, 0.2) is 0 Å². The molecule has 46 heavy (non-hydrogen) atoms. The standard InChI is InChI=1S/C44H56Si2/c1-41(2,3)35-29-33-25-26-34-30-36(42(4,5)6)32-40-38(24-20-16-18-22-28-46(12,13)14)37(23-19-15-17-21-27-45(9,10)11)39(31-35)43(33,7)44(34,40)8/h25-26,29-32H,15-18H2,1-14H3/t43-,44-/m0/s1. The van der Waals surface area contributed by atoms with E-state index in [0.29, 0.717) is 0 Å². The SMILES string of the molecule is CC(C)(C)C1=CC2=C(C#CCCC#C[Si](C)(C)C)C(C#CCCC#C[Si](C)(C)C)=C3C=C(C(C)(C)C)C=C4C=CC(=C1)[C@]2(C)[C@@]43C. The lowest BCUT2D eigenvalue weighted by atomic mass is 9.44. The van der Waals surface area contributed by atoms with E-state index in [0.717, 1.165) is 36.8 Å². The van der Waals surface area contributed by atoms with Crippen LogP contribution >= 0.6 is 0 Å². The number of hydrogen-bond acceptors (Lipinski definition) is 0. The second-order valence-corrected chi connectivity index (χ2v) is 27.3. The van der Waals surface area contributed by atoms with Crippen LogP contribution in [0.5, 0.6) is 0 Å². The van der Waals surface area contributed by atoms with Gasteiger partial charge in [0.25, 0.3) is 0 Å². The van der Waals surface area contributed by atoms with Crippen LogP contribution in [0.4, 0.5) is 0 Å². The zero-order valence-corrected chi connectivity index (χ0v) is 33.3. The van der Waals surface area contributed by atoms with E-state index in [-0.39, 0.29) is 21.7 Å². The lowest BCUT2D eigenvalue weighted by Gasteiger charge is -2.58. The average molecular weight is 641 g/mol. The van der Waals surface area contributed by atoms with Gasteiger partial charge in [-0.05, 0) is 44.3 Å². The Kier molecular flexibility index (Phi) is 9.68. The molecule has 0 heterocycles. The number of rotatable bonds is 2. The predicted molar refractivity (Wildman–Crippen MR) is 207 cm³/mol. The van der Waals surface area contributed by atoms with Gasteiger partial charge in [-0.3, -0.25) is 0 Å². The van der Waals surface area contributed by atoms with E-state index < -0.39 is 16.1 Å². The van der Waals surface area contributed by atoms with Crippen LogP contribution in [0.15, 0.2) is 81.0 Å². The van der Waals surface area contributed by atoms with Crippen molar-refractivity contribution in [1.82, 2.24) is 0 Å². The summed E-state index contributed by atoms with van der Waals surface area (Å²) >= 11 is 0. The van der Waals surface area contributed by atoms with Crippen molar-refractivity contribution < 1.29 is 0 Å². The van der Waals surface area contributed by atoms with Crippen molar-refractivity contribution in [3.8, 4) is 46.6 Å². The van der Waals surface area contributed by atoms with Gasteiger partial charge in [-0.2, -0.15) is 0 Å². The van der Waals surface area contributed by atoms with E-state index in [4.69, 9.17) is 0 Å². The van der Waals surface area contributed by atoms with Crippen molar-refractivity contribution in [2.75, 3.05) is 0 Å². The molecule has 2 heteroatoms. The minimum atomic E-state index is -1.40. The molecule has 0 saturated heterocycles. The van der Waals surface area contributed by atoms with Crippen molar-refractivity contribution in [3.05, 3.63) is 81.0 Å². The second-order valence-electron chi connectivity index (χ2n) is 17.8. The number of allylic oxidation sites excluding steroid dienone is 14. The lowest BCUT2D eigenvalue weighted by molar-refractivity contribution is 0.242. The van der Waals surface area contributed by atoms with E-state index in [2.05, 4.69) is 178 Å². The molecule has 4 rings (SSSR count). The normalized spacial score (nSPS) is 23.5. The van der Waals surface area contributed by atoms with Crippen LogP contribution in [-0.2, 0) is 0 Å². The maximum Gasteiger partial charge on any atom is 0.129 e. The molecule has 0 aliphatic heterocycles. The zero-order valence-electron chi connectivity index (χ0n) is 31.3. The predicted octanol–water partition coefficient (Wildman–Crippen LogP) is 11.3. The Labute approximate surface area is 284 Å². The minimum absolute atomic E-state index is 0.00784. The summed E-state index contributed by atoms with van der Waals surface area (Å²) < 4.78 is 0. The average Bonchev–Trinajstić information content (AvgIpc) is 2.90. The maximum atomic E-state index is 3.75. The van der Waals surface area contributed by atoms with E-state index >= 15 is 0 Å². The number of unbranched alkanes of at least 4 members (excludes halogenated alkanes) is 2. The van der Waals surface area contributed by atoms with Gasteiger partial charge in [-0.25, -0.2) is 0 Å². The van der Waals surface area contributed by atoms with Gasteiger partial charge in [0, 0.05) is 47.7 Å². The van der Waals surface area contributed by atoms with Gasteiger partial charge in [-0.1, -0.05) is 155 Å². The molecule has 4 aliphatic carbocycles. The quantitative estimate of drug-likeness (QED) is 0.160. The Bertz CT molecular complexity index is 1650. The molecule has 0 bridgehead atoms. The fraction of sp³-hybridized carbons (Fsp3) is 0.500. The minimum Gasteiger partial charge on any atom is -0.132 e. The molecule has 0 spiro atoms. The van der Waals surface area contributed by atoms with Crippen LogP contribution in [0.2, 0.25) is 39.3 Å². The highest BCUT2D eigenvalue weighted by atomic mass is 28.3. The van der Waals surface area contributed by atoms with E-state index in [1.807, 2.05) is 0 Å². The van der Waals surface area contributed by atoms with Crippen molar-refractivity contribution in [2.45, 2.75) is 120 Å². The molecular weight excluding hydrogens is 585 g/mol. The Morgan fingerprint density at radius 2 is 0.848 bits per heavy atom. The van der Waals surface area contributed by atoms with Crippen molar-refractivity contribution in [3.63, 3.8) is 0 Å². The molecule has 2 atom stereocenters. The van der Waals surface area contributed by atoms with Crippen molar-refractivity contribution >= 4 is 16.1 Å². The molecule has 0 aromatic heterocycles. The summed E-state index contributed by atoms with van der Waals surface area (Å²) in [5.74, 6) is 21.5. The highest BCUT2D eigenvalue weighted by molar-refractivity contribution is 6.84. The fourth-order valence-corrected chi connectivity index (χ4v) is 7.90. The number of hydrogen-bond donors (Lipinski definition) is 0. The first-order valence-corrected chi connectivity index (χ1v) is 24.1. The Balaban J connectivity index is 2.01. The molecule has 0 nitrogen and oxygen atoms in total. The Morgan fingerprint density at radius 1 is 0.522 bits per heavy atom. The second kappa shape index (κ2) is 12.5. The van der Waals surface area contributed by atoms with E-state index in [1.165, 1.54) is 33.4 Å². The maximum absolute atomic E-state index is 3.75. The molecule has 240 valence electrons. The Hall–Kier alpha value is -3.15. The van der Waals surface area contributed by atoms with Crippen molar-refractivity contribution in [1.29, 1.82) is 0 Å². The highest BCUT2D eigenvalue weighted by Gasteiger charge is 2.59. The largest absolute Gasteiger partial charge is 0.132 e. The molecule has 0 fully saturated rings. The third-order valence-electron chi connectivity index (χ3n) is 9.52. The molecule has 0 aromatic carbocycles. The summed E-state index contributed by atoms with van der Waals surface area (Å²) in [6.07, 6.45) is 17.7. The highest BCUT2D eigenvalue weighted by Crippen LogP contribution is 2.68. The van der Waals surface area contributed by atoms with Crippen LogP contribution in [-0.4, -0.2) is 16.1 Å². The van der Waals surface area contributed by atoms with Crippen LogP contribution in [0, 0.1) is 68.3 Å². The summed E-state index contributed by atoms with van der Waals surface area (Å²) in [7, 11) is -2.79. The van der Waals surface area contributed by atoms with Crippen LogP contribution < -0.4 is 0 Å². The summed E-state index contributed by atoms with van der Waals surface area (Å²) in [5, 5.41) is 0. The van der Waals surface area contributed by atoms with Gasteiger partial charge < -0.3 is 0 Å². The molecule has 0 unspecified atom stereocenters. The molecule has 0 saturated carbocycles. The van der Waals surface area contributed by atoms with Crippen LogP contribution in [0.25, 0.3) is 0 Å². The molecule has 0 radical (unpaired) electrons. The lowest BCUT2D eigenvalue weighted by Crippen LogP contribution is -2.49. The zero-order chi connectivity index (χ0) is 34.3. The van der Waals surface area contributed by atoms with Gasteiger partial charge >= 0.3 is 0 Å². The summed E-state index contributed by atoms with van der Waals surface area (Å²) in [5.41, 5.74) is 16.8. The Morgan fingerprint density at radius 3 is 1.15 bits per heavy atom. The van der Waals surface area contributed by atoms with Crippen molar-refractivity contribution in [2.24, 2.45) is 21.7 Å². The van der Waals surface area contributed by atoms with E-state index in [1.54, 1.807) is 0 Å². The van der Waals surface area contributed by atoms with Gasteiger partial charge in [0.1, 0.15) is 16.1 Å². The molecular formula is C44H56Si2. The monoisotopic (exact) mass is 640 g/mol. The van der Waals surface area contributed by atoms with Gasteiger partial charge in [0.05, 0.1) is 0 Å². The molecule has 0 amide bonds.